The number of likely N-dealkylation sites (N-methyl/N-ethyl adjacent to an activating group) is 1. The summed E-state index contributed by atoms with van der Waals surface area (Å²) in [5, 5.41) is 9.92. The SMILES string of the molecule is CN1CCN(c2nccc(-c3ccccc3O)n2)CC1. The number of aromatic hydroxyl groups is 1. The van der Waals surface area contributed by atoms with Crippen LogP contribution in [-0.4, -0.2) is 53.2 Å². The van der Waals surface area contributed by atoms with Gasteiger partial charge >= 0.3 is 0 Å². The number of phenols is 1. The average Bonchev–Trinajstić information content (AvgIpc) is 2.49. The topological polar surface area (TPSA) is 52.5 Å². The molecule has 1 aromatic heterocycles. The van der Waals surface area contributed by atoms with Gasteiger partial charge in [-0.05, 0) is 25.2 Å². The van der Waals surface area contributed by atoms with E-state index in [-0.39, 0.29) is 5.75 Å². The van der Waals surface area contributed by atoms with E-state index in [0.717, 1.165) is 43.4 Å². The van der Waals surface area contributed by atoms with Gasteiger partial charge in [0.05, 0.1) is 5.69 Å². The summed E-state index contributed by atoms with van der Waals surface area (Å²) in [4.78, 5) is 13.4. The number of rotatable bonds is 2. The second kappa shape index (κ2) is 5.46. The van der Waals surface area contributed by atoms with Gasteiger partial charge < -0.3 is 14.9 Å². The Morgan fingerprint density at radius 2 is 1.80 bits per heavy atom. The van der Waals surface area contributed by atoms with Crippen LogP contribution in [0.1, 0.15) is 0 Å². The Hall–Kier alpha value is -2.14. The van der Waals surface area contributed by atoms with Crippen LogP contribution < -0.4 is 4.90 Å². The predicted molar refractivity (Wildman–Crippen MR) is 78.8 cm³/mol. The smallest absolute Gasteiger partial charge is 0.225 e. The summed E-state index contributed by atoms with van der Waals surface area (Å²) in [7, 11) is 2.12. The molecule has 0 spiro atoms. The highest BCUT2D eigenvalue weighted by Gasteiger charge is 2.17. The lowest BCUT2D eigenvalue weighted by molar-refractivity contribution is 0.311. The van der Waals surface area contributed by atoms with Crippen molar-refractivity contribution in [3.8, 4) is 17.0 Å². The number of phenolic OH excluding ortho intramolecular Hbond substituents is 1. The van der Waals surface area contributed by atoms with E-state index in [1.807, 2.05) is 18.2 Å². The Bertz CT molecular complexity index is 594. The number of aromatic nitrogens is 2. The van der Waals surface area contributed by atoms with Crippen LogP contribution in [0.4, 0.5) is 5.95 Å². The molecule has 104 valence electrons. The molecule has 2 heterocycles. The van der Waals surface area contributed by atoms with E-state index < -0.39 is 0 Å². The number of anilines is 1. The first-order valence-corrected chi connectivity index (χ1v) is 6.79. The quantitative estimate of drug-likeness (QED) is 0.898. The summed E-state index contributed by atoms with van der Waals surface area (Å²) in [6.07, 6.45) is 1.75. The van der Waals surface area contributed by atoms with Gasteiger partial charge in [0, 0.05) is 37.9 Å². The van der Waals surface area contributed by atoms with Crippen LogP contribution in [0.2, 0.25) is 0 Å². The van der Waals surface area contributed by atoms with E-state index in [1.165, 1.54) is 0 Å². The van der Waals surface area contributed by atoms with Crippen LogP contribution in [0.3, 0.4) is 0 Å². The van der Waals surface area contributed by atoms with Crippen molar-refractivity contribution in [2.24, 2.45) is 0 Å². The molecule has 1 fully saturated rings. The lowest BCUT2D eigenvalue weighted by Gasteiger charge is -2.32. The fourth-order valence-corrected chi connectivity index (χ4v) is 2.35. The van der Waals surface area contributed by atoms with E-state index in [2.05, 4.69) is 26.8 Å². The molecule has 0 unspecified atom stereocenters. The average molecular weight is 270 g/mol. The maximum absolute atomic E-state index is 9.92. The van der Waals surface area contributed by atoms with E-state index in [9.17, 15) is 5.11 Å². The van der Waals surface area contributed by atoms with Gasteiger partial charge in [0.15, 0.2) is 0 Å². The van der Waals surface area contributed by atoms with Crippen LogP contribution >= 0.6 is 0 Å². The molecule has 20 heavy (non-hydrogen) atoms. The number of hydrogen-bond donors (Lipinski definition) is 1. The van der Waals surface area contributed by atoms with Crippen LogP contribution in [-0.2, 0) is 0 Å². The van der Waals surface area contributed by atoms with E-state index >= 15 is 0 Å². The minimum Gasteiger partial charge on any atom is -0.507 e. The van der Waals surface area contributed by atoms with Crippen molar-refractivity contribution in [3.63, 3.8) is 0 Å². The molecule has 2 aromatic rings. The van der Waals surface area contributed by atoms with E-state index in [1.54, 1.807) is 18.3 Å². The normalized spacial score (nSPS) is 16.4. The number of hydrogen-bond acceptors (Lipinski definition) is 5. The van der Waals surface area contributed by atoms with Crippen molar-refractivity contribution in [2.45, 2.75) is 0 Å². The lowest BCUT2D eigenvalue weighted by Crippen LogP contribution is -2.45. The standard InChI is InChI=1S/C15H18N4O/c1-18-8-10-19(11-9-18)15-16-7-6-13(17-15)12-4-2-3-5-14(12)20/h2-7,20H,8-11H2,1H3. The molecular weight excluding hydrogens is 252 g/mol. The molecule has 5 nitrogen and oxygen atoms in total. The van der Waals surface area contributed by atoms with Gasteiger partial charge in [0.1, 0.15) is 5.75 Å². The molecule has 0 aliphatic carbocycles. The maximum atomic E-state index is 9.92. The first-order valence-electron chi connectivity index (χ1n) is 6.79. The predicted octanol–water partition coefficient (Wildman–Crippen LogP) is 1.60. The minimum atomic E-state index is 0.246. The fraction of sp³-hybridized carbons (Fsp3) is 0.333. The first kappa shape index (κ1) is 12.9. The van der Waals surface area contributed by atoms with Gasteiger partial charge in [-0.25, -0.2) is 9.97 Å². The third-order valence-electron chi connectivity index (χ3n) is 3.61. The van der Waals surface area contributed by atoms with Gasteiger partial charge in [-0.15, -0.1) is 0 Å². The molecule has 5 heteroatoms. The fourth-order valence-electron chi connectivity index (χ4n) is 2.35. The molecular formula is C15H18N4O. The number of para-hydroxylation sites is 1. The summed E-state index contributed by atoms with van der Waals surface area (Å²) >= 11 is 0. The van der Waals surface area contributed by atoms with Gasteiger partial charge in [-0.2, -0.15) is 0 Å². The Morgan fingerprint density at radius 1 is 1.05 bits per heavy atom. The number of nitrogens with zero attached hydrogens (tertiary/aromatic N) is 4. The van der Waals surface area contributed by atoms with Crippen LogP contribution in [0, 0.1) is 0 Å². The summed E-state index contributed by atoms with van der Waals surface area (Å²) < 4.78 is 0. The van der Waals surface area contributed by atoms with E-state index in [4.69, 9.17) is 0 Å². The van der Waals surface area contributed by atoms with Crippen molar-refractivity contribution < 1.29 is 5.11 Å². The van der Waals surface area contributed by atoms with E-state index in [0.29, 0.717) is 0 Å². The molecule has 0 atom stereocenters. The van der Waals surface area contributed by atoms with Crippen LogP contribution in [0.25, 0.3) is 11.3 Å². The summed E-state index contributed by atoms with van der Waals surface area (Å²) in [5.41, 5.74) is 1.50. The molecule has 1 saturated heterocycles. The van der Waals surface area contributed by atoms with Crippen molar-refractivity contribution in [3.05, 3.63) is 36.5 Å². The monoisotopic (exact) mass is 270 g/mol. The molecule has 0 saturated carbocycles. The highest BCUT2D eigenvalue weighted by molar-refractivity contribution is 5.67. The Morgan fingerprint density at radius 3 is 2.55 bits per heavy atom. The molecule has 0 radical (unpaired) electrons. The second-order valence-corrected chi connectivity index (χ2v) is 5.05. The van der Waals surface area contributed by atoms with Gasteiger partial charge in [-0.3, -0.25) is 0 Å². The molecule has 1 N–H and O–H groups in total. The molecule has 0 amide bonds. The van der Waals surface area contributed by atoms with Gasteiger partial charge in [0.25, 0.3) is 0 Å². The first-order chi connectivity index (χ1) is 9.74. The zero-order valence-electron chi connectivity index (χ0n) is 11.5. The molecule has 1 aliphatic heterocycles. The van der Waals surface area contributed by atoms with Crippen LogP contribution in [0.5, 0.6) is 5.75 Å². The Labute approximate surface area is 118 Å². The van der Waals surface area contributed by atoms with Crippen molar-refractivity contribution in [1.82, 2.24) is 14.9 Å². The number of benzene rings is 1. The molecule has 1 aromatic carbocycles. The second-order valence-electron chi connectivity index (χ2n) is 5.05. The highest BCUT2D eigenvalue weighted by Crippen LogP contribution is 2.27. The molecule has 3 rings (SSSR count). The summed E-state index contributed by atoms with van der Waals surface area (Å²) in [6.45, 7) is 3.90. The maximum Gasteiger partial charge on any atom is 0.225 e. The minimum absolute atomic E-state index is 0.246. The van der Waals surface area contributed by atoms with Gasteiger partial charge in [-0.1, -0.05) is 12.1 Å². The third kappa shape index (κ3) is 2.58. The third-order valence-corrected chi connectivity index (χ3v) is 3.61. The largest absolute Gasteiger partial charge is 0.507 e. The zero-order valence-corrected chi connectivity index (χ0v) is 11.5. The van der Waals surface area contributed by atoms with Crippen molar-refractivity contribution in [1.29, 1.82) is 0 Å². The number of piperazine rings is 1. The van der Waals surface area contributed by atoms with Crippen LogP contribution in [0.15, 0.2) is 36.5 Å². The summed E-state index contributed by atoms with van der Waals surface area (Å²) in [6, 6.07) is 9.07. The van der Waals surface area contributed by atoms with Crippen molar-refractivity contribution in [2.75, 3.05) is 38.1 Å². The zero-order chi connectivity index (χ0) is 13.9. The lowest BCUT2D eigenvalue weighted by atomic mass is 10.1. The van der Waals surface area contributed by atoms with Gasteiger partial charge in [0.2, 0.25) is 5.95 Å². The van der Waals surface area contributed by atoms with Crippen molar-refractivity contribution >= 4 is 5.95 Å². The highest BCUT2D eigenvalue weighted by atomic mass is 16.3. The molecule has 0 bridgehead atoms. The molecule has 1 aliphatic rings. The summed E-state index contributed by atoms with van der Waals surface area (Å²) in [5.74, 6) is 0.981. The Kier molecular flexibility index (Phi) is 3.52. The Balaban J connectivity index is 1.88.